The van der Waals surface area contributed by atoms with Gasteiger partial charge in [0.05, 0.1) is 6.61 Å². The Balaban J connectivity index is 2.28. The summed E-state index contributed by atoms with van der Waals surface area (Å²) in [4.78, 5) is 10.8. The molecule has 94 valence electrons. The predicted molar refractivity (Wildman–Crippen MR) is 66.0 cm³/mol. The molecule has 0 saturated carbocycles. The first-order valence-electron chi connectivity index (χ1n) is 5.96. The van der Waals surface area contributed by atoms with E-state index in [0.717, 1.165) is 6.42 Å². The van der Waals surface area contributed by atoms with Crippen LogP contribution in [0.5, 0.6) is 5.88 Å². The van der Waals surface area contributed by atoms with Crippen molar-refractivity contribution in [2.45, 2.75) is 39.5 Å². The molecule has 0 aliphatic heterocycles. The van der Waals surface area contributed by atoms with Gasteiger partial charge in [0.25, 0.3) is 0 Å². The first kappa shape index (κ1) is 13.4. The summed E-state index contributed by atoms with van der Waals surface area (Å²) in [7, 11) is 0. The zero-order chi connectivity index (χ0) is 12.5. The van der Waals surface area contributed by atoms with Crippen LogP contribution in [0.2, 0.25) is 0 Å². The highest BCUT2D eigenvalue weighted by Gasteiger charge is 1.99. The summed E-state index contributed by atoms with van der Waals surface area (Å²) in [5.74, 6) is 0.777. The largest absolute Gasteiger partial charge is 0.477 e. The number of carbonyl (C=O) groups excluding carboxylic acids is 1. The van der Waals surface area contributed by atoms with E-state index in [-0.39, 0.29) is 5.91 Å². The quantitative estimate of drug-likeness (QED) is 0.739. The summed E-state index contributed by atoms with van der Waals surface area (Å²) in [5.41, 5.74) is 0. The van der Waals surface area contributed by atoms with Gasteiger partial charge in [0.1, 0.15) is 0 Å². The average molecular weight is 237 g/mol. The van der Waals surface area contributed by atoms with Crippen molar-refractivity contribution in [1.82, 2.24) is 10.2 Å². The highest BCUT2D eigenvalue weighted by atomic mass is 16.5. The molecule has 0 aromatic carbocycles. The van der Waals surface area contributed by atoms with Crippen molar-refractivity contribution >= 4 is 11.7 Å². The average Bonchev–Trinajstić information content (AvgIpc) is 2.30. The van der Waals surface area contributed by atoms with E-state index >= 15 is 0 Å². The van der Waals surface area contributed by atoms with Crippen molar-refractivity contribution in [2.24, 2.45) is 0 Å². The summed E-state index contributed by atoms with van der Waals surface area (Å²) in [6, 6.07) is 3.38. The Kier molecular flexibility index (Phi) is 5.99. The fourth-order valence-electron chi connectivity index (χ4n) is 1.35. The molecule has 0 aliphatic carbocycles. The van der Waals surface area contributed by atoms with Crippen molar-refractivity contribution in [3.63, 3.8) is 0 Å². The van der Waals surface area contributed by atoms with Gasteiger partial charge in [-0.2, -0.15) is 0 Å². The Morgan fingerprint density at radius 2 is 2.12 bits per heavy atom. The van der Waals surface area contributed by atoms with Gasteiger partial charge < -0.3 is 10.1 Å². The van der Waals surface area contributed by atoms with Crippen molar-refractivity contribution in [3.05, 3.63) is 12.1 Å². The van der Waals surface area contributed by atoms with Crippen molar-refractivity contribution in [3.8, 4) is 5.88 Å². The van der Waals surface area contributed by atoms with Crippen molar-refractivity contribution < 1.29 is 9.53 Å². The van der Waals surface area contributed by atoms with Crippen LogP contribution in [0.15, 0.2) is 12.1 Å². The topological polar surface area (TPSA) is 64.1 Å². The molecule has 1 N–H and O–H groups in total. The minimum Gasteiger partial charge on any atom is -0.477 e. The maximum Gasteiger partial charge on any atom is 0.233 e. The number of hydrogen-bond donors (Lipinski definition) is 1. The number of nitrogens with one attached hydrogen (secondary N) is 1. The van der Waals surface area contributed by atoms with E-state index in [4.69, 9.17) is 4.74 Å². The third-order valence-corrected chi connectivity index (χ3v) is 2.19. The zero-order valence-electron chi connectivity index (χ0n) is 10.4. The second-order valence-corrected chi connectivity index (χ2v) is 3.85. The number of nitrogens with zero attached hydrogens (tertiary/aromatic N) is 2. The molecule has 0 radical (unpaired) electrons. The smallest absolute Gasteiger partial charge is 0.233 e. The molecule has 5 nitrogen and oxygen atoms in total. The van der Waals surface area contributed by atoms with Crippen LogP contribution >= 0.6 is 0 Å². The Labute approximate surface area is 102 Å². The molecule has 0 spiro atoms. The summed E-state index contributed by atoms with van der Waals surface area (Å²) in [5, 5.41) is 10.2. The molecule has 0 saturated heterocycles. The van der Waals surface area contributed by atoms with E-state index in [0.29, 0.717) is 18.3 Å². The lowest BCUT2D eigenvalue weighted by molar-refractivity contribution is -0.114. The standard InChI is InChI=1S/C12H19N3O2/c1-3-4-5-6-9-17-12-8-7-11(14-15-12)13-10(2)16/h7-8H,3-6,9H2,1-2H3,(H,13,14,16). The third-order valence-electron chi connectivity index (χ3n) is 2.19. The first-order chi connectivity index (χ1) is 8.22. The molecule has 0 fully saturated rings. The van der Waals surface area contributed by atoms with E-state index in [9.17, 15) is 4.79 Å². The van der Waals surface area contributed by atoms with E-state index in [1.165, 1.54) is 26.2 Å². The van der Waals surface area contributed by atoms with Crippen molar-refractivity contribution in [1.29, 1.82) is 0 Å². The molecular weight excluding hydrogens is 218 g/mol. The molecule has 0 atom stereocenters. The fraction of sp³-hybridized carbons (Fsp3) is 0.583. The summed E-state index contributed by atoms with van der Waals surface area (Å²) >= 11 is 0. The van der Waals surface area contributed by atoms with Crippen molar-refractivity contribution in [2.75, 3.05) is 11.9 Å². The zero-order valence-corrected chi connectivity index (χ0v) is 10.4. The molecule has 5 heteroatoms. The lowest BCUT2D eigenvalue weighted by Crippen LogP contribution is -2.08. The summed E-state index contributed by atoms with van der Waals surface area (Å²) in [6.07, 6.45) is 4.65. The van der Waals surface area contributed by atoms with E-state index in [1.807, 2.05) is 0 Å². The molecule has 1 aromatic heterocycles. The van der Waals surface area contributed by atoms with E-state index in [2.05, 4.69) is 22.4 Å². The highest BCUT2D eigenvalue weighted by Crippen LogP contribution is 2.09. The van der Waals surface area contributed by atoms with E-state index < -0.39 is 0 Å². The van der Waals surface area contributed by atoms with Gasteiger partial charge >= 0.3 is 0 Å². The highest BCUT2D eigenvalue weighted by molar-refractivity contribution is 5.87. The number of unbranched alkanes of at least 4 members (excludes halogenated alkanes) is 3. The van der Waals surface area contributed by atoms with Crippen LogP contribution in [0.1, 0.15) is 39.5 Å². The number of carbonyl (C=O) groups is 1. The molecule has 0 aliphatic rings. The van der Waals surface area contributed by atoms with Gasteiger partial charge in [0.2, 0.25) is 11.8 Å². The number of anilines is 1. The van der Waals surface area contributed by atoms with E-state index in [1.54, 1.807) is 12.1 Å². The Hall–Kier alpha value is -1.65. The monoisotopic (exact) mass is 237 g/mol. The van der Waals surface area contributed by atoms with Crippen LogP contribution in [0.3, 0.4) is 0 Å². The number of hydrogen-bond acceptors (Lipinski definition) is 4. The summed E-state index contributed by atoms with van der Waals surface area (Å²) < 4.78 is 5.43. The lowest BCUT2D eigenvalue weighted by Gasteiger charge is -2.05. The third kappa shape index (κ3) is 5.85. The molecule has 0 bridgehead atoms. The summed E-state index contributed by atoms with van der Waals surface area (Å²) in [6.45, 7) is 4.26. The maximum absolute atomic E-state index is 10.8. The molecule has 1 amide bonds. The minimum atomic E-state index is -0.160. The molecular formula is C12H19N3O2. The van der Waals surface area contributed by atoms with Gasteiger partial charge in [-0.25, -0.2) is 0 Å². The molecule has 0 unspecified atom stereocenters. The van der Waals surface area contributed by atoms with Gasteiger partial charge in [-0.05, 0) is 12.5 Å². The predicted octanol–water partition coefficient (Wildman–Crippen LogP) is 2.39. The number of rotatable bonds is 7. The SMILES string of the molecule is CCCCCCOc1ccc(NC(C)=O)nn1. The number of ether oxygens (including phenoxy) is 1. The molecule has 1 heterocycles. The van der Waals surface area contributed by atoms with Crippen LogP contribution in [-0.4, -0.2) is 22.7 Å². The van der Waals surface area contributed by atoms with Gasteiger partial charge in [-0.3, -0.25) is 4.79 Å². The van der Waals surface area contributed by atoms with Crippen LogP contribution in [0.4, 0.5) is 5.82 Å². The fourth-order valence-corrected chi connectivity index (χ4v) is 1.35. The Morgan fingerprint density at radius 1 is 1.29 bits per heavy atom. The van der Waals surface area contributed by atoms with Gasteiger partial charge in [0.15, 0.2) is 5.82 Å². The molecule has 1 aromatic rings. The number of aromatic nitrogens is 2. The van der Waals surface area contributed by atoms with Gasteiger partial charge in [-0.1, -0.05) is 26.2 Å². The van der Waals surface area contributed by atoms with Gasteiger partial charge in [0, 0.05) is 13.0 Å². The maximum atomic E-state index is 10.8. The Morgan fingerprint density at radius 3 is 2.71 bits per heavy atom. The Bertz CT molecular complexity index is 338. The second kappa shape index (κ2) is 7.60. The van der Waals surface area contributed by atoms with Crippen LogP contribution in [0, 0.1) is 0 Å². The van der Waals surface area contributed by atoms with Crippen LogP contribution in [-0.2, 0) is 4.79 Å². The lowest BCUT2D eigenvalue weighted by atomic mass is 10.2. The van der Waals surface area contributed by atoms with Crippen LogP contribution < -0.4 is 10.1 Å². The minimum absolute atomic E-state index is 0.160. The number of amides is 1. The second-order valence-electron chi connectivity index (χ2n) is 3.85. The van der Waals surface area contributed by atoms with Gasteiger partial charge in [-0.15, -0.1) is 10.2 Å². The normalized spacial score (nSPS) is 10.0. The van der Waals surface area contributed by atoms with Crippen LogP contribution in [0.25, 0.3) is 0 Å². The molecule has 1 rings (SSSR count). The first-order valence-corrected chi connectivity index (χ1v) is 5.96. The molecule has 17 heavy (non-hydrogen) atoms.